The molecular weight excluding hydrogens is 418 g/mol. The van der Waals surface area contributed by atoms with Crippen molar-refractivity contribution in [3.63, 3.8) is 0 Å². The van der Waals surface area contributed by atoms with Gasteiger partial charge < -0.3 is 15.0 Å². The van der Waals surface area contributed by atoms with Gasteiger partial charge in [0, 0.05) is 23.6 Å². The Kier molecular flexibility index (Phi) is 6.36. The van der Waals surface area contributed by atoms with Gasteiger partial charge in [0.05, 0.1) is 25.3 Å². The molecule has 1 fully saturated rings. The van der Waals surface area contributed by atoms with Crippen LogP contribution < -0.4 is 15.2 Å². The van der Waals surface area contributed by atoms with Crippen LogP contribution in [-0.4, -0.2) is 41.8 Å². The summed E-state index contributed by atoms with van der Waals surface area (Å²) in [5.74, 6) is 1.26. The number of H-pyrrole nitrogens is 1. The van der Waals surface area contributed by atoms with Crippen molar-refractivity contribution < 1.29 is 9.72 Å². The molecule has 0 amide bonds. The largest absolute Gasteiger partial charge is 0.370 e. The van der Waals surface area contributed by atoms with E-state index in [-0.39, 0.29) is 5.60 Å². The minimum absolute atomic E-state index is 0.264. The number of hydrogen-bond donors (Lipinski definition) is 1. The van der Waals surface area contributed by atoms with Gasteiger partial charge in [0.25, 0.3) is 5.82 Å². The molecule has 4 rings (SSSR count). The second kappa shape index (κ2) is 9.05. The number of aromatic nitrogens is 1. The Labute approximate surface area is 196 Å². The summed E-state index contributed by atoms with van der Waals surface area (Å²) in [7, 11) is 0. The second-order valence-electron chi connectivity index (χ2n) is 9.48. The van der Waals surface area contributed by atoms with Gasteiger partial charge in [-0.15, -0.1) is 0 Å². The topological polar surface area (TPSA) is 65.7 Å². The van der Waals surface area contributed by atoms with Crippen LogP contribution in [0.2, 0.25) is 0 Å². The van der Waals surface area contributed by atoms with Crippen LogP contribution in [0, 0.1) is 11.3 Å². The van der Waals surface area contributed by atoms with Crippen molar-refractivity contribution in [3.05, 3.63) is 52.7 Å². The van der Waals surface area contributed by atoms with E-state index in [0.29, 0.717) is 12.5 Å². The van der Waals surface area contributed by atoms with E-state index in [1.165, 1.54) is 5.69 Å². The number of pyridine rings is 1. The average molecular weight is 451 g/mol. The maximum atomic E-state index is 10.1. The Morgan fingerprint density at radius 3 is 2.47 bits per heavy atom. The lowest BCUT2D eigenvalue weighted by Crippen LogP contribution is -2.52. The fraction of sp³-hybridized carbons (Fsp3) is 0.480. The van der Waals surface area contributed by atoms with Crippen LogP contribution in [0.15, 0.2) is 30.3 Å². The Hall–Kier alpha value is -2.69. The number of hydrogen-bond acceptors (Lipinski definition) is 4. The molecule has 1 aromatic carbocycles. The van der Waals surface area contributed by atoms with Crippen LogP contribution in [0.3, 0.4) is 0 Å². The van der Waals surface area contributed by atoms with Gasteiger partial charge in [-0.2, -0.15) is 5.26 Å². The van der Waals surface area contributed by atoms with Gasteiger partial charge in [-0.05, 0) is 43.8 Å². The number of aromatic amines is 1. The number of piperazine rings is 1. The van der Waals surface area contributed by atoms with Crippen molar-refractivity contribution in [2.45, 2.75) is 52.2 Å². The highest BCUT2D eigenvalue weighted by atomic mass is 32.1. The maximum absolute atomic E-state index is 10.1. The van der Waals surface area contributed by atoms with E-state index in [4.69, 9.17) is 17.0 Å². The molecule has 0 saturated carbocycles. The number of nitrogens with one attached hydrogen (secondary N) is 2. The van der Waals surface area contributed by atoms with Crippen LogP contribution in [0.25, 0.3) is 0 Å². The fourth-order valence-corrected chi connectivity index (χ4v) is 4.83. The van der Waals surface area contributed by atoms with Gasteiger partial charge in [0.2, 0.25) is 0 Å². The Morgan fingerprint density at radius 1 is 1.16 bits per heavy atom. The first-order valence-electron chi connectivity index (χ1n) is 11.3. The lowest BCUT2D eigenvalue weighted by atomic mass is 9.86. The number of para-hydroxylation sites is 1. The van der Waals surface area contributed by atoms with Gasteiger partial charge in [-0.3, -0.25) is 4.90 Å². The lowest BCUT2D eigenvalue weighted by Gasteiger charge is -2.36. The van der Waals surface area contributed by atoms with Gasteiger partial charge in [0.15, 0.2) is 5.11 Å². The van der Waals surface area contributed by atoms with Crippen molar-refractivity contribution in [1.29, 1.82) is 5.26 Å². The van der Waals surface area contributed by atoms with E-state index < -0.39 is 0 Å². The molecule has 0 bridgehead atoms. The smallest absolute Gasteiger partial charge is 0.293 e. The van der Waals surface area contributed by atoms with E-state index in [9.17, 15) is 5.26 Å². The molecule has 2 aromatic rings. The summed E-state index contributed by atoms with van der Waals surface area (Å²) in [6, 6.07) is 12.5. The lowest BCUT2D eigenvalue weighted by molar-refractivity contribution is -0.381. The molecule has 0 radical (unpaired) electrons. The Bertz CT molecular complexity index is 1040. The summed E-state index contributed by atoms with van der Waals surface area (Å²) in [5, 5.41) is 14.2. The van der Waals surface area contributed by atoms with E-state index in [1.807, 2.05) is 30.3 Å². The van der Waals surface area contributed by atoms with E-state index >= 15 is 0 Å². The summed E-state index contributed by atoms with van der Waals surface area (Å²) >= 11 is 5.64. The SMILES string of the molecule is CC(C)c1[nH+]c(N2CCN(C(=S)Nc3ccccc3)CC2)c(C#N)c2c1COC(C)(C)C2. The molecule has 3 heterocycles. The third-order valence-electron chi connectivity index (χ3n) is 6.29. The Morgan fingerprint density at radius 2 is 1.84 bits per heavy atom. The molecule has 0 aliphatic carbocycles. The number of anilines is 2. The van der Waals surface area contributed by atoms with Crippen molar-refractivity contribution in [2.75, 3.05) is 36.4 Å². The van der Waals surface area contributed by atoms with Gasteiger partial charge >= 0.3 is 0 Å². The molecule has 1 saturated heterocycles. The predicted molar refractivity (Wildman–Crippen MR) is 131 cm³/mol. The molecule has 2 aliphatic heterocycles. The van der Waals surface area contributed by atoms with Crippen molar-refractivity contribution in [1.82, 2.24) is 4.90 Å². The van der Waals surface area contributed by atoms with Gasteiger partial charge in [-0.1, -0.05) is 32.0 Å². The monoisotopic (exact) mass is 450 g/mol. The predicted octanol–water partition coefficient (Wildman–Crippen LogP) is 3.87. The van der Waals surface area contributed by atoms with E-state index in [1.54, 1.807) is 0 Å². The first kappa shape index (κ1) is 22.5. The number of benzene rings is 1. The fourth-order valence-electron chi connectivity index (χ4n) is 4.53. The van der Waals surface area contributed by atoms with Crippen molar-refractivity contribution in [3.8, 4) is 6.07 Å². The summed E-state index contributed by atoms with van der Waals surface area (Å²) in [5.41, 5.74) is 4.98. The highest BCUT2D eigenvalue weighted by Crippen LogP contribution is 2.35. The standard InChI is InChI=1S/C25H31N5OS/c1-17(2)22-21-16-31-25(3,4)14-19(21)20(15-26)23(28-22)29-10-12-30(13-11-29)24(32)27-18-8-6-5-7-9-18/h5-9,17H,10-14,16H2,1-4H3,(H,27,32)/p+1. The number of rotatable bonds is 3. The minimum Gasteiger partial charge on any atom is -0.370 e. The summed E-state index contributed by atoms with van der Waals surface area (Å²) in [6.45, 7) is 12.3. The molecule has 2 aliphatic rings. The molecule has 1 aromatic heterocycles. The van der Waals surface area contributed by atoms with E-state index in [2.05, 4.69) is 53.9 Å². The number of nitrogens with zero attached hydrogens (tertiary/aromatic N) is 3. The highest BCUT2D eigenvalue weighted by molar-refractivity contribution is 7.80. The number of nitriles is 1. The van der Waals surface area contributed by atoms with Gasteiger partial charge in [-0.25, -0.2) is 4.98 Å². The molecule has 2 N–H and O–H groups in total. The number of ether oxygens (including phenoxy) is 1. The average Bonchev–Trinajstić information content (AvgIpc) is 2.78. The van der Waals surface area contributed by atoms with Crippen molar-refractivity contribution >= 4 is 28.8 Å². The second-order valence-corrected chi connectivity index (χ2v) is 9.87. The summed E-state index contributed by atoms with van der Waals surface area (Å²) in [6.07, 6.45) is 0.748. The van der Waals surface area contributed by atoms with E-state index in [0.717, 1.165) is 65.9 Å². The number of thiocarbonyl (C=S) groups is 1. The molecule has 0 spiro atoms. The summed E-state index contributed by atoms with van der Waals surface area (Å²) < 4.78 is 6.09. The van der Waals surface area contributed by atoms with Crippen molar-refractivity contribution in [2.24, 2.45) is 0 Å². The molecule has 0 unspecified atom stereocenters. The molecule has 168 valence electrons. The maximum Gasteiger partial charge on any atom is 0.293 e. The first-order chi connectivity index (χ1) is 15.3. The zero-order chi connectivity index (χ0) is 22.9. The third-order valence-corrected chi connectivity index (χ3v) is 6.65. The molecule has 6 nitrogen and oxygen atoms in total. The van der Waals surface area contributed by atoms with Crippen LogP contribution in [0.4, 0.5) is 11.5 Å². The highest BCUT2D eigenvalue weighted by Gasteiger charge is 2.37. The zero-order valence-electron chi connectivity index (χ0n) is 19.4. The molecule has 0 atom stereocenters. The summed E-state index contributed by atoms with van der Waals surface area (Å²) in [4.78, 5) is 8.13. The molecule has 7 heteroatoms. The van der Waals surface area contributed by atoms with Crippen LogP contribution >= 0.6 is 12.2 Å². The zero-order valence-corrected chi connectivity index (χ0v) is 20.2. The quantitative estimate of drug-likeness (QED) is 0.717. The Balaban J connectivity index is 1.56. The molecular formula is C25H32N5OS+. The number of fused-ring (bicyclic) bond motifs is 1. The molecule has 32 heavy (non-hydrogen) atoms. The van der Waals surface area contributed by atoms with Gasteiger partial charge in [0.1, 0.15) is 30.4 Å². The third kappa shape index (κ3) is 4.57. The minimum atomic E-state index is -0.264. The first-order valence-corrected chi connectivity index (χ1v) is 11.7. The van der Waals surface area contributed by atoms with Crippen LogP contribution in [0.5, 0.6) is 0 Å². The normalized spacial score (nSPS) is 17.6. The van der Waals surface area contributed by atoms with Crippen LogP contribution in [-0.2, 0) is 17.8 Å². The van der Waals surface area contributed by atoms with Crippen LogP contribution in [0.1, 0.15) is 56.0 Å².